The van der Waals surface area contributed by atoms with Gasteiger partial charge in [-0.25, -0.2) is 4.68 Å². The van der Waals surface area contributed by atoms with Crippen LogP contribution in [0.4, 0.5) is 5.69 Å². The summed E-state index contributed by atoms with van der Waals surface area (Å²) in [6.07, 6.45) is 3.00. The summed E-state index contributed by atoms with van der Waals surface area (Å²) in [5.41, 5.74) is 1.31. The lowest BCUT2D eigenvalue weighted by atomic mass is 10.2. The molecule has 1 aromatic heterocycles. The Hall–Kier alpha value is -2.50. The van der Waals surface area contributed by atoms with E-state index in [1.807, 2.05) is 6.07 Å². The molecule has 0 aliphatic heterocycles. The summed E-state index contributed by atoms with van der Waals surface area (Å²) in [5, 5.41) is 17.5. The number of rotatable bonds is 3. The molecule has 5 nitrogen and oxygen atoms in total. The second-order valence-corrected chi connectivity index (χ2v) is 5.64. The fourth-order valence-electron chi connectivity index (χ4n) is 2.00. The first-order valence-electron chi connectivity index (χ1n) is 6.63. The van der Waals surface area contributed by atoms with Crippen LogP contribution in [0.15, 0.2) is 54.9 Å². The monoisotopic (exact) mass is 347 g/mol. The Balaban J connectivity index is 1.82. The molecule has 0 fully saturated rings. The Morgan fingerprint density at radius 3 is 2.70 bits per heavy atom. The van der Waals surface area contributed by atoms with Crippen LogP contribution in [0.2, 0.25) is 10.0 Å². The summed E-state index contributed by atoms with van der Waals surface area (Å²) in [4.78, 5) is 12.2. The molecule has 0 saturated heterocycles. The third-order valence-corrected chi connectivity index (χ3v) is 3.59. The molecule has 1 heterocycles. The van der Waals surface area contributed by atoms with Crippen molar-refractivity contribution in [3.8, 4) is 11.4 Å². The highest BCUT2D eigenvalue weighted by Gasteiger charge is 2.12. The fraction of sp³-hybridized carbons (Fsp3) is 0. The van der Waals surface area contributed by atoms with Gasteiger partial charge in [0, 0.05) is 16.2 Å². The van der Waals surface area contributed by atoms with Gasteiger partial charge in [0.05, 0.1) is 23.1 Å². The van der Waals surface area contributed by atoms with Crippen molar-refractivity contribution in [1.82, 2.24) is 9.78 Å². The maximum absolute atomic E-state index is 12.2. The molecule has 0 atom stereocenters. The number of hydrogen-bond acceptors (Lipinski definition) is 3. The number of phenols is 1. The number of hydrogen-bond donors (Lipinski definition) is 2. The van der Waals surface area contributed by atoms with Gasteiger partial charge >= 0.3 is 0 Å². The number of anilines is 1. The highest BCUT2D eigenvalue weighted by molar-refractivity contribution is 6.31. The minimum Gasteiger partial charge on any atom is -0.506 e. The van der Waals surface area contributed by atoms with E-state index in [2.05, 4.69) is 10.4 Å². The lowest BCUT2D eigenvalue weighted by Crippen LogP contribution is -2.11. The highest BCUT2D eigenvalue weighted by atomic mass is 35.5. The highest BCUT2D eigenvalue weighted by Crippen LogP contribution is 2.27. The van der Waals surface area contributed by atoms with Crippen molar-refractivity contribution in [2.24, 2.45) is 0 Å². The molecule has 0 saturated carbocycles. The van der Waals surface area contributed by atoms with Gasteiger partial charge in [0.2, 0.25) is 0 Å². The van der Waals surface area contributed by atoms with E-state index in [0.717, 1.165) is 5.69 Å². The number of carbonyl (C=O) groups excluding carboxylic acids is 1. The van der Waals surface area contributed by atoms with Gasteiger partial charge in [-0.15, -0.1) is 0 Å². The third kappa shape index (κ3) is 3.47. The Kier molecular flexibility index (Phi) is 4.23. The molecule has 0 unspecified atom stereocenters. The molecule has 1 amide bonds. The molecular weight excluding hydrogens is 337 g/mol. The standard InChI is InChI=1S/C16H11Cl2N3O2/c17-11-2-1-3-13(6-11)21-9-10(8-19-21)16(23)20-14-7-12(18)4-5-15(14)22/h1-9,22H,(H,20,23). The van der Waals surface area contributed by atoms with Gasteiger partial charge < -0.3 is 10.4 Å². The maximum atomic E-state index is 12.2. The average Bonchev–Trinajstić information content (AvgIpc) is 3.01. The van der Waals surface area contributed by atoms with Gasteiger partial charge in [0.1, 0.15) is 5.75 Å². The van der Waals surface area contributed by atoms with Crippen molar-refractivity contribution in [3.05, 3.63) is 70.5 Å². The lowest BCUT2D eigenvalue weighted by Gasteiger charge is -2.06. The average molecular weight is 348 g/mol. The maximum Gasteiger partial charge on any atom is 0.258 e. The zero-order chi connectivity index (χ0) is 16.4. The summed E-state index contributed by atoms with van der Waals surface area (Å²) in [6, 6.07) is 11.5. The van der Waals surface area contributed by atoms with E-state index in [9.17, 15) is 9.90 Å². The summed E-state index contributed by atoms with van der Waals surface area (Å²) < 4.78 is 1.54. The third-order valence-electron chi connectivity index (χ3n) is 3.12. The summed E-state index contributed by atoms with van der Waals surface area (Å²) in [7, 11) is 0. The Bertz CT molecular complexity index is 877. The van der Waals surface area contributed by atoms with Crippen molar-refractivity contribution in [3.63, 3.8) is 0 Å². The van der Waals surface area contributed by atoms with E-state index < -0.39 is 5.91 Å². The zero-order valence-corrected chi connectivity index (χ0v) is 13.2. The second kappa shape index (κ2) is 6.32. The lowest BCUT2D eigenvalue weighted by molar-refractivity contribution is 0.102. The SMILES string of the molecule is O=C(Nc1cc(Cl)ccc1O)c1cnn(-c2cccc(Cl)c2)c1. The van der Waals surface area contributed by atoms with Crippen molar-refractivity contribution < 1.29 is 9.90 Å². The topological polar surface area (TPSA) is 67.2 Å². The smallest absolute Gasteiger partial charge is 0.258 e. The van der Waals surface area contributed by atoms with Gasteiger partial charge in [0.25, 0.3) is 5.91 Å². The molecule has 2 aromatic carbocycles. The van der Waals surface area contributed by atoms with Gasteiger partial charge in [-0.3, -0.25) is 4.79 Å². The summed E-state index contributed by atoms with van der Waals surface area (Å²) in [6.45, 7) is 0. The summed E-state index contributed by atoms with van der Waals surface area (Å²) >= 11 is 11.8. The van der Waals surface area contributed by atoms with Crippen LogP contribution in [-0.2, 0) is 0 Å². The Morgan fingerprint density at radius 2 is 1.91 bits per heavy atom. The Labute approximate surface area is 142 Å². The Morgan fingerprint density at radius 1 is 1.13 bits per heavy atom. The predicted octanol–water partition coefficient (Wildman–Crippen LogP) is 4.14. The second-order valence-electron chi connectivity index (χ2n) is 4.77. The molecule has 7 heteroatoms. The molecule has 0 aliphatic carbocycles. The van der Waals surface area contributed by atoms with Crippen molar-refractivity contribution in [2.75, 3.05) is 5.32 Å². The van der Waals surface area contributed by atoms with Crippen LogP contribution >= 0.6 is 23.2 Å². The number of amides is 1. The predicted molar refractivity (Wildman–Crippen MR) is 89.6 cm³/mol. The number of phenolic OH excluding ortho intramolecular Hbond substituents is 1. The van der Waals surface area contributed by atoms with Crippen LogP contribution in [0.5, 0.6) is 5.75 Å². The van der Waals surface area contributed by atoms with Crippen molar-refractivity contribution >= 4 is 34.8 Å². The minimum absolute atomic E-state index is 0.0648. The van der Waals surface area contributed by atoms with E-state index in [1.54, 1.807) is 29.1 Å². The minimum atomic E-state index is -0.407. The summed E-state index contributed by atoms with van der Waals surface area (Å²) in [5.74, 6) is -0.471. The molecule has 0 radical (unpaired) electrons. The number of aromatic hydroxyl groups is 1. The van der Waals surface area contributed by atoms with Crippen LogP contribution in [0.25, 0.3) is 5.69 Å². The van der Waals surface area contributed by atoms with Gasteiger partial charge in [-0.2, -0.15) is 5.10 Å². The van der Waals surface area contributed by atoms with E-state index in [4.69, 9.17) is 23.2 Å². The van der Waals surface area contributed by atoms with E-state index in [0.29, 0.717) is 15.6 Å². The van der Waals surface area contributed by atoms with Crippen molar-refractivity contribution in [1.29, 1.82) is 0 Å². The number of nitrogens with one attached hydrogen (secondary N) is 1. The number of aromatic nitrogens is 2. The van der Waals surface area contributed by atoms with E-state index >= 15 is 0 Å². The molecule has 23 heavy (non-hydrogen) atoms. The normalized spacial score (nSPS) is 10.5. The van der Waals surface area contributed by atoms with Crippen LogP contribution in [0.1, 0.15) is 10.4 Å². The molecule has 3 rings (SSSR count). The van der Waals surface area contributed by atoms with Crippen molar-refractivity contribution in [2.45, 2.75) is 0 Å². The van der Waals surface area contributed by atoms with Gasteiger partial charge in [-0.05, 0) is 36.4 Å². The molecule has 0 spiro atoms. The first kappa shape index (κ1) is 15.4. The van der Waals surface area contributed by atoms with Crippen LogP contribution in [-0.4, -0.2) is 20.8 Å². The van der Waals surface area contributed by atoms with E-state index in [-0.39, 0.29) is 11.4 Å². The number of halogens is 2. The first-order valence-corrected chi connectivity index (χ1v) is 7.39. The van der Waals surface area contributed by atoms with Gasteiger partial charge in [-0.1, -0.05) is 29.3 Å². The number of nitrogens with zero attached hydrogens (tertiary/aromatic N) is 2. The van der Waals surface area contributed by atoms with Gasteiger partial charge in [0.15, 0.2) is 0 Å². The fourth-order valence-corrected chi connectivity index (χ4v) is 2.36. The molecule has 2 N–H and O–H groups in total. The van der Waals surface area contributed by atoms with E-state index in [1.165, 1.54) is 24.4 Å². The van der Waals surface area contributed by atoms with Crippen LogP contribution in [0.3, 0.4) is 0 Å². The molecule has 0 aliphatic rings. The molecule has 3 aromatic rings. The number of carbonyl (C=O) groups is 1. The van der Waals surface area contributed by atoms with Crippen LogP contribution in [0, 0.1) is 0 Å². The molecule has 116 valence electrons. The zero-order valence-electron chi connectivity index (χ0n) is 11.7. The quantitative estimate of drug-likeness (QED) is 0.699. The molecular formula is C16H11Cl2N3O2. The van der Waals surface area contributed by atoms with Crippen LogP contribution < -0.4 is 5.32 Å². The first-order chi connectivity index (χ1) is 11.0. The largest absolute Gasteiger partial charge is 0.506 e. The molecule has 0 bridgehead atoms. The number of benzene rings is 2.